The third kappa shape index (κ3) is 5.80. The molecule has 2 aromatic heterocycles. The van der Waals surface area contributed by atoms with Gasteiger partial charge in [0.05, 0.1) is 11.7 Å². The van der Waals surface area contributed by atoms with Gasteiger partial charge in [0.2, 0.25) is 0 Å². The van der Waals surface area contributed by atoms with Gasteiger partial charge in [0.15, 0.2) is 11.5 Å². The molecule has 2 aliphatic heterocycles. The first-order valence-corrected chi connectivity index (χ1v) is 15.2. The summed E-state index contributed by atoms with van der Waals surface area (Å²) in [6.07, 6.45) is 3.11. The molecule has 2 aliphatic rings. The number of ether oxygens (including phenoxy) is 1. The molecule has 0 radical (unpaired) electrons. The highest BCUT2D eigenvalue weighted by Crippen LogP contribution is 2.30. The number of nitrogens with zero attached hydrogens (tertiary/aromatic N) is 8. The Labute approximate surface area is 261 Å². The largest absolute Gasteiger partial charge is 0.457 e. The molecule has 4 aromatic rings. The standard InChI is InChI=1S/C33H37N9O3/c1-4-38-14-16-40(17-15-38)33(2,3)18-23(19-34)31(43)39-20-25(21-39)42-30-28(29(35)36-22-37-30)41(32(42)44)24-10-12-27(13-11-24)45-26-8-6-5-7-9-26/h5-13,18,22,25H,4,14-17,20-21H2,1-3H3,(H2,35,36,37). The van der Waals surface area contributed by atoms with Crippen LogP contribution in [0.1, 0.15) is 26.8 Å². The quantitative estimate of drug-likeness (QED) is 0.236. The number of aromatic nitrogens is 4. The highest BCUT2D eigenvalue weighted by molar-refractivity contribution is 5.98. The summed E-state index contributed by atoms with van der Waals surface area (Å²) < 4.78 is 8.96. The van der Waals surface area contributed by atoms with E-state index in [0.29, 0.717) is 28.4 Å². The zero-order chi connectivity index (χ0) is 31.7. The fourth-order valence-electron chi connectivity index (χ4n) is 6.11. The van der Waals surface area contributed by atoms with Crippen LogP contribution in [0.15, 0.2) is 77.4 Å². The number of hydrogen-bond acceptors (Lipinski definition) is 9. The molecule has 2 N–H and O–H groups in total. The Kier molecular flexibility index (Phi) is 8.14. The number of nitrogens with two attached hydrogens (primary N) is 1. The van der Waals surface area contributed by atoms with Gasteiger partial charge in [-0.15, -0.1) is 0 Å². The smallest absolute Gasteiger partial charge is 0.335 e. The molecule has 0 unspecified atom stereocenters. The van der Waals surface area contributed by atoms with Crippen molar-refractivity contribution in [2.45, 2.75) is 32.4 Å². The summed E-state index contributed by atoms with van der Waals surface area (Å²) in [5.41, 5.74) is 6.95. The maximum atomic E-state index is 13.9. The summed E-state index contributed by atoms with van der Waals surface area (Å²) in [5.74, 6) is 1.15. The van der Waals surface area contributed by atoms with Gasteiger partial charge in [-0.2, -0.15) is 5.26 Å². The molecule has 6 rings (SSSR count). The minimum atomic E-state index is -0.453. The summed E-state index contributed by atoms with van der Waals surface area (Å²) in [7, 11) is 0. The van der Waals surface area contributed by atoms with Gasteiger partial charge in [-0.25, -0.2) is 14.8 Å². The predicted octanol–water partition coefficient (Wildman–Crippen LogP) is 3.21. The number of anilines is 1. The van der Waals surface area contributed by atoms with Gasteiger partial charge in [-0.3, -0.25) is 18.8 Å². The number of nitrogen functional groups attached to an aromatic ring is 1. The minimum Gasteiger partial charge on any atom is -0.457 e. The summed E-state index contributed by atoms with van der Waals surface area (Å²) in [6, 6.07) is 18.3. The van der Waals surface area contributed by atoms with Gasteiger partial charge in [0.25, 0.3) is 5.91 Å². The normalized spacial score (nSPS) is 16.8. The number of piperazine rings is 1. The summed E-state index contributed by atoms with van der Waals surface area (Å²) >= 11 is 0. The SMILES string of the molecule is CCN1CCN(C(C)(C)C=C(C#N)C(=O)N2CC(n3c(=O)n(-c4ccc(Oc5ccccc5)cc4)c4c(N)ncnc43)C2)CC1. The van der Waals surface area contributed by atoms with Crippen molar-refractivity contribution in [3.8, 4) is 23.3 Å². The third-order valence-electron chi connectivity index (χ3n) is 8.75. The zero-order valence-electron chi connectivity index (χ0n) is 25.8. The van der Waals surface area contributed by atoms with Gasteiger partial charge < -0.3 is 20.3 Å². The lowest BCUT2D eigenvalue weighted by atomic mass is 9.96. The van der Waals surface area contributed by atoms with Crippen LogP contribution in [0.25, 0.3) is 16.9 Å². The first-order valence-electron chi connectivity index (χ1n) is 15.2. The Hall–Kier alpha value is -4.99. The average molecular weight is 608 g/mol. The van der Waals surface area contributed by atoms with Crippen molar-refractivity contribution in [2.75, 3.05) is 51.5 Å². The minimum absolute atomic E-state index is 0.107. The van der Waals surface area contributed by atoms with E-state index in [-0.39, 0.29) is 42.1 Å². The zero-order valence-corrected chi connectivity index (χ0v) is 25.8. The average Bonchev–Trinajstić information content (AvgIpc) is 3.32. The monoisotopic (exact) mass is 607 g/mol. The maximum absolute atomic E-state index is 13.9. The van der Waals surface area contributed by atoms with E-state index in [9.17, 15) is 14.9 Å². The molecule has 45 heavy (non-hydrogen) atoms. The molecule has 4 heterocycles. The molecule has 0 spiro atoms. The number of nitriles is 1. The lowest BCUT2D eigenvalue weighted by Crippen LogP contribution is -2.55. The Balaban J connectivity index is 1.22. The highest BCUT2D eigenvalue weighted by Gasteiger charge is 2.38. The molecule has 2 fully saturated rings. The van der Waals surface area contributed by atoms with Crippen LogP contribution in [0.4, 0.5) is 5.82 Å². The van der Waals surface area contributed by atoms with Crippen LogP contribution in [0.2, 0.25) is 0 Å². The molecule has 2 saturated heterocycles. The van der Waals surface area contributed by atoms with Gasteiger partial charge in [0, 0.05) is 44.8 Å². The number of imidazole rings is 1. The van der Waals surface area contributed by atoms with Crippen LogP contribution in [-0.4, -0.2) is 91.1 Å². The molecule has 0 atom stereocenters. The van der Waals surface area contributed by atoms with Gasteiger partial charge in [-0.05, 0) is 62.9 Å². The number of fused-ring (bicyclic) bond motifs is 1. The number of benzene rings is 2. The van der Waals surface area contributed by atoms with Crippen molar-refractivity contribution in [1.82, 2.24) is 33.8 Å². The number of likely N-dealkylation sites (tertiary alicyclic amines) is 1. The van der Waals surface area contributed by atoms with Crippen molar-refractivity contribution in [2.24, 2.45) is 0 Å². The highest BCUT2D eigenvalue weighted by atomic mass is 16.5. The number of para-hydroxylation sites is 1. The van der Waals surface area contributed by atoms with Crippen LogP contribution in [-0.2, 0) is 4.79 Å². The third-order valence-corrected chi connectivity index (χ3v) is 8.75. The number of likely N-dealkylation sites (N-methyl/N-ethyl adjacent to an activating group) is 1. The van der Waals surface area contributed by atoms with E-state index in [1.54, 1.807) is 39.8 Å². The Morgan fingerprint density at radius 2 is 1.71 bits per heavy atom. The van der Waals surface area contributed by atoms with Gasteiger partial charge >= 0.3 is 5.69 Å². The summed E-state index contributed by atoms with van der Waals surface area (Å²) in [5, 5.41) is 9.95. The van der Waals surface area contributed by atoms with Crippen molar-refractivity contribution in [3.05, 3.63) is 83.1 Å². The Bertz CT molecular complexity index is 1820. The molecular weight excluding hydrogens is 570 g/mol. The van der Waals surface area contributed by atoms with Gasteiger partial charge in [0.1, 0.15) is 35.0 Å². The molecule has 0 saturated carbocycles. The Morgan fingerprint density at radius 3 is 2.36 bits per heavy atom. The van der Waals surface area contributed by atoms with E-state index in [0.717, 1.165) is 32.7 Å². The topological polar surface area (TPSA) is 139 Å². The summed E-state index contributed by atoms with van der Waals surface area (Å²) in [4.78, 5) is 42.2. The van der Waals surface area contributed by atoms with Crippen LogP contribution in [0, 0.1) is 11.3 Å². The summed E-state index contributed by atoms with van der Waals surface area (Å²) in [6.45, 7) is 11.4. The van der Waals surface area contributed by atoms with E-state index in [1.165, 1.54) is 10.9 Å². The second kappa shape index (κ2) is 12.2. The number of rotatable bonds is 8. The van der Waals surface area contributed by atoms with Crippen LogP contribution < -0.4 is 16.2 Å². The molecule has 0 bridgehead atoms. The predicted molar refractivity (Wildman–Crippen MR) is 171 cm³/mol. The fourth-order valence-corrected chi connectivity index (χ4v) is 6.11. The number of hydrogen-bond donors (Lipinski definition) is 1. The first kappa shape index (κ1) is 30.1. The van der Waals surface area contributed by atoms with Crippen LogP contribution in [0.5, 0.6) is 11.5 Å². The van der Waals surface area contributed by atoms with E-state index in [4.69, 9.17) is 10.5 Å². The van der Waals surface area contributed by atoms with Crippen molar-refractivity contribution in [3.63, 3.8) is 0 Å². The molecule has 0 aliphatic carbocycles. The van der Waals surface area contributed by atoms with Crippen LogP contribution in [0.3, 0.4) is 0 Å². The van der Waals surface area contributed by atoms with Crippen molar-refractivity contribution in [1.29, 1.82) is 5.26 Å². The molecule has 1 amide bonds. The fraction of sp³-hybridized carbons (Fsp3) is 0.364. The second-order valence-corrected chi connectivity index (χ2v) is 11.9. The Morgan fingerprint density at radius 1 is 1.04 bits per heavy atom. The lowest BCUT2D eigenvalue weighted by Gasteiger charge is -2.43. The number of carbonyl (C=O) groups is 1. The molecule has 12 heteroatoms. The number of carbonyl (C=O) groups excluding carboxylic acids is 1. The van der Waals surface area contributed by atoms with Crippen molar-refractivity contribution < 1.29 is 9.53 Å². The second-order valence-electron chi connectivity index (χ2n) is 11.9. The van der Waals surface area contributed by atoms with Gasteiger partial charge in [-0.1, -0.05) is 25.1 Å². The number of amides is 1. The van der Waals surface area contributed by atoms with Crippen LogP contribution >= 0.6 is 0 Å². The maximum Gasteiger partial charge on any atom is 0.335 e. The van der Waals surface area contributed by atoms with Crippen molar-refractivity contribution >= 4 is 22.9 Å². The molecule has 12 nitrogen and oxygen atoms in total. The van der Waals surface area contributed by atoms with E-state index < -0.39 is 5.54 Å². The van der Waals surface area contributed by atoms with E-state index >= 15 is 0 Å². The first-order chi connectivity index (χ1) is 21.7. The lowest BCUT2D eigenvalue weighted by molar-refractivity contribution is -0.132. The van der Waals surface area contributed by atoms with E-state index in [2.05, 4.69) is 32.8 Å². The molecular formula is C33H37N9O3. The molecule has 232 valence electrons. The van der Waals surface area contributed by atoms with E-state index in [1.807, 2.05) is 44.2 Å². The molecule has 2 aromatic carbocycles.